The van der Waals surface area contributed by atoms with Gasteiger partial charge < -0.3 is 9.88 Å². The van der Waals surface area contributed by atoms with Gasteiger partial charge >= 0.3 is 0 Å². The lowest BCUT2D eigenvalue weighted by atomic mass is 10.1. The van der Waals surface area contributed by atoms with Gasteiger partial charge in [-0.15, -0.1) is 6.58 Å². The number of nitrogens with one attached hydrogen (secondary N) is 1. The smallest absolute Gasteiger partial charge is 0.0525 e. The molecule has 0 aliphatic rings. The second-order valence-electron chi connectivity index (χ2n) is 5.25. The summed E-state index contributed by atoms with van der Waals surface area (Å²) in [5.74, 6) is 0. The van der Waals surface area contributed by atoms with Gasteiger partial charge in [0.05, 0.1) is 5.52 Å². The van der Waals surface area contributed by atoms with Gasteiger partial charge in [0.15, 0.2) is 0 Å². The Bertz CT molecular complexity index is 551. The molecule has 2 nitrogen and oxygen atoms in total. The van der Waals surface area contributed by atoms with E-state index in [1.807, 2.05) is 0 Å². The third-order valence-electron chi connectivity index (χ3n) is 3.39. The van der Waals surface area contributed by atoms with E-state index in [1.165, 1.54) is 28.5 Å². The van der Waals surface area contributed by atoms with Crippen LogP contribution in [0.25, 0.3) is 10.9 Å². The summed E-state index contributed by atoms with van der Waals surface area (Å²) >= 11 is 0. The largest absolute Gasteiger partial charge is 0.347 e. The van der Waals surface area contributed by atoms with E-state index in [-0.39, 0.29) is 0 Å². The van der Waals surface area contributed by atoms with Crippen LogP contribution in [0.2, 0.25) is 0 Å². The van der Waals surface area contributed by atoms with E-state index in [0.29, 0.717) is 0 Å². The van der Waals surface area contributed by atoms with Crippen molar-refractivity contribution in [2.75, 3.05) is 6.54 Å². The van der Waals surface area contributed by atoms with Crippen LogP contribution in [0, 0.1) is 0 Å². The second kappa shape index (κ2) is 6.58. The van der Waals surface area contributed by atoms with E-state index in [1.54, 1.807) is 0 Å². The monoisotopic (exact) mass is 256 g/mol. The highest BCUT2D eigenvalue weighted by molar-refractivity contribution is 5.83. The molecule has 0 aliphatic heterocycles. The highest BCUT2D eigenvalue weighted by Crippen LogP contribution is 2.21. The highest BCUT2D eigenvalue weighted by atomic mass is 15.0. The molecule has 102 valence electrons. The van der Waals surface area contributed by atoms with Crippen molar-refractivity contribution in [3.63, 3.8) is 0 Å². The minimum Gasteiger partial charge on any atom is -0.347 e. The molecule has 0 fully saturated rings. The van der Waals surface area contributed by atoms with Crippen LogP contribution in [0.1, 0.15) is 32.3 Å². The fourth-order valence-electron chi connectivity index (χ4n) is 2.38. The van der Waals surface area contributed by atoms with Crippen molar-refractivity contribution in [2.45, 2.75) is 39.8 Å². The number of hydrogen-bond acceptors (Lipinski definition) is 1. The van der Waals surface area contributed by atoms with Gasteiger partial charge in [-0.05, 0) is 43.3 Å². The summed E-state index contributed by atoms with van der Waals surface area (Å²) in [7, 11) is 0. The normalized spacial score (nSPS) is 11.1. The molecule has 1 heterocycles. The van der Waals surface area contributed by atoms with Gasteiger partial charge in [-0.2, -0.15) is 0 Å². The molecule has 0 radical (unpaired) electrons. The fraction of sp³-hybridized carbons (Fsp3) is 0.412. The molecule has 2 aromatic rings. The molecule has 2 heteroatoms. The Morgan fingerprint density at radius 3 is 2.89 bits per heavy atom. The lowest BCUT2D eigenvalue weighted by Gasteiger charge is -2.10. The SMILES string of the molecule is C=C(C)CCn1ccc2cccc(CNCCC)c21. The number of aromatic nitrogens is 1. The molecule has 0 amide bonds. The van der Waals surface area contributed by atoms with Crippen LogP contribution >= 0.6 is 0 Å². The Balaban J connectivity index is 2.24. The van der Waals surface area contributed by atoms with Crippen molar-refractivity contribution in [1.29, 1.82) is 0 Å². The minimum absolute atomic E-state index is 0.947. The predicted molar refractivity (Wildman–Crippen MR) is 83.4 cm³/mol. The Labute approximate surface area is 116 Å². The van der Waals surface area contributed by atoms with Crippen molar-refractivity contribution >= 4 is 10.9 Å². The van der Waals surface area contributed by atoms with Gasteiger partial charge in [0.2, 0.25) is 0 Å². The summed E-state index contributed by atoms with van der Waals surface area (Å²) < 4.78 is 2.35. The molecule has 0 unspecified atom stereocenters. The zero-order valence-corrected chi connectivity index (χ0v) is 12.1. The number of nitrogens with zero attached hydrogens (tertiary/aromatic N) is 1. The van der Waals surface area contributed by atoms with E-state index >= 15 is 0 Å². The maximum absolute atomic E-state index is 3.99. The van der Waals surface area contributed by atoms with Crippen molar-refractivity contribution in [3.05, 3.63) is 48.2 Å². The molecule has 0 spiro atoms. The third-order valence-corrected chi connectivity index (χ3v) is 3.39. The van der Waals surface area contributed by atoms with Crippen LogP contribution in [0.15, 0.2) is 42.6 Å². The summed E-state index contributed by atoms with van der Waals surface area (Å²) in [6, 6.07) is 8.77. The summed E-state index contributed by atoms with van der Waals surface area (Å²) in [4.78, 5) is 0. The summed E-state index contributed by atoms with van der Waals surface area (Å²) in [5, 5.41) is 4.83. The lowest BCUT2D eigenvalue weighted by Crippen LogP contribution is -2.14. The first-order valence-corrected chi connectivity index (χ1v) is 7.14. The number of hydrogen-bond donors (Lipinski definition) is 1. The number of aryl methyl sites for hydroxylation is 1. The second-order valence-corrected chi connectivity index (χ2v) is 5.25. The van der Waals surface area contributed by atoms with Gasteiger partial charge in [-0.1, -0.05) is 30.7 Å². The first-order chi connectivity index (χ1) is 9.22. The standard InChI is InChI=1S/C17H24N2/c1-4-10-18-13-16-7-5-6-15-9-12-19(17(15)16)11-8-14(2)3/h5-7,9,12,18H,2,4,8,10-11,13H2,1,3H3. The number of rotatable bonds is 7. The molecular weight excluding hydrogens is 232 g/mol. The summed E-state index contributed by atoms with van der Waals surface area (Å²) in [5.41, 5.74) is 3.99. The molecule has 0 aliphatic carbocycles. The maximum Gasteiger partial charge on any atom is 0.0525 e. The highest BCUT2D eigenvalue weighted by Gasteiger charge is 2.06. The molecule has 0 saturated heterocycles. The molecular formula is C17H24N2. The Morgan fingerprint density at radius 1 is 1.32 bits per heavy atom. The topological polar surface area (TPSA) is 17.0 Å². The van der Waals surface area contributed by atoms with Crippen LogP contribution in [-0.2, 0) is 13.1 Å². The zero-order valence-electron chi connectivity index (χ0n) is 12.1. The van der Waals surface area contributed by atoms with Crippen molar-refractivity contribution in [2.24, 2.45) is 0 Å². The first kappa shape index (κ1) is 13.9. The minimum atomic E-state index is 0.947. The van der Waals surface area contributed by atoms with Crippen LogP contribution < -0.4 is 5.32 Å². The quantitative estimate of drug-likeness (QED) is 0.583. The van der Waals surface area contributed by atoms with E-state index in [0.717, 1.165) is 26.1 Å². The van der Waals surface area contributed by atoms with Crippen molar-refractivity contribution < 1.29 is 0 Å². The van der Waals surface area contributed by atoms with Crippen LogP contribution in [0.5, 0.6) is 0 Å². The van der Waals surface area contributed by atoms with Crippen molar-refractivity contribution in [1.82, 2.24) is 9.88 Å². The number of allylic oxidation sites excluding steroid dienone is 1. The molecule has 1 aromatic carbocycles. The van der Waals surface area contributed by atoms with Crippen LogP contribution in [-0.4, -0.2) is 11.1 Å². The van der Waals surface area contributed by atoms with Gasteiger partial charge in [-0.3, -0.25) is 0 Å². The predicted octanol–water partition coefficient (Wildman–Crippen LogP) is 4.11. The Hall–Kier alpha value is -1.54. The summed E-state index contributed by atoms with van der Waals surface area (Å²) in [6.45, 7) is 11.3. The van der Waals surface area contributed by atoms with Crippen LogP contribution in [0.4, 0.5) is 0 Å². The van der Waals surface area contributed by atoms with Gasteiger partial charge in [0.25, 0.3) is 0 Å². The van der Waals surface area contributed by atoms with E-state index in [2.05, 4.69) is 60.8 Å². The number of benzene rings is 1. The molecule has 1 N–H and O–H groups in total. The van der Waals surface area contributed by atoms with E-state index in [4.69, 9.17) is 0 Å². The maximum atomic E-state index is 3.99. The molecule has 0 atom stereocenters. The summed E-state index contributed by atoms with van der Waals surface area (Å²) in [6.07, 6.45) is 4.41. The number of fused-ring (bicyclic) bond motifs is 1. The molecule has 0 bridgehead atoms. The van der Waals surface area contributed by atoms with Gasteiger partial charge in [-0.25, -0.2) is 0 Å². The van der Waals surface area contributed by atoms with Gasteiger partial charge in [0.1, 0.15) is 0 Å². The first-order valence-electron chi connectivity index (χ1n) is 7.14. The molecule has 2 rings (SSSR count). The third kappa shape index (κ3) is 3.48. The zero-order chi connectivity index (χ0) is 13.7. The lowest BCUT2D eigenvalue weighted by molar-refractivity contribution is 0.670. The average Bonchev–Trinajstić information content (AvgIpc) is 2.81. The van der Waals surface area contributed by atoms with E-state index in [9.17, 15) is 0 Å². The fourth-order valence-corrected chi connectivity index (χ4v) is 2.38. The van der Waals surface area contributed by atoms with Crippen molar-refractivity contribution in [3.8, 4) is 0 Å². The molecule has 0 saturated carbocycles. The molecule has 19 heavy (non-hydrogen) atoms. The number of para-hydroxylation sites is 1. The van der Waals surface area contributed by atoms with E-state index < -0.39 is 0 Å². The Morgan fingerprint density at radius 2 is 2.16 bits per heavy atom. The van der Waals surface area contributed by atoms with Crippen LogP contribution in [0.3, 0.4) is 0 Å². The molecule has 1 aromatic heterocycles. The average molecular weight is 256 g/mol. The van der Waals surface area contributed by atoms with Gasteiger partial charge in [0, 0.05) is 19.3 Å². The Kier molecular flexibility index (Phi) is 4.80.